The van der Waals surface area contributed by atoms with Gasteiger partial charge in [0.15, 0.2) is 0 Å². The molecule has 0 saturated heterocycles. The first-order valence-corrected chi connectivity index (χ1v) is 7.02. The maximum absolute atomic E-state index is 6.02. The van der Waals surface area contributed by atoms with Crippen molar-refractivity contribution >= 4 is 23.0 Å². The predicted octanol–water partition coefficient (Wildman–Crippen LogP) is 4.22. The second kappa shape index (κ2) is 4.51. The molecule has 2 aliphatic rings. The molecule has 0 radical (unpaired) electrons. The Balaban J connectivity index is 1.64. The first-order chi connectivity index (χ1) is 8.29. The van der Waals surface area contributed by atoms with Crippen molar-refractivity contribution in [3.8, 4) is 0 Å². The van der Waals surface area contributed by atoms with Gasteiger partial charge in [-0.15, -0.1) is 0 Å². The Bertz CT molecular complexity index is 415. The van der Waals surface area contributed by atoms with Crippen LogP contribution >= 0.6 is 11.6 Å². The molecule has 0 amide bonds. The molecule has 1 heterocycles. The maximum atomic E-state index is 6.02. The van der Waals surface area contributed by atoms with E-state index in [0.29, 0.717) is 0 Å². The van der Waals surface area contributed by atoms with Gasteiger partial charge < -0.3 is 0 Å². The average Bonchev–Trinajstić information content (AvgIpc) is 3.19. The molecule has 3 heteroatoms. The Hall–Kier alpha value is -0.730. The van der Waals surface area contributed by atoms with Crippen LogP contribution in [0.25, 0.3) is 0 Å². The van der Waals surface area contributed by atoms with Gasteiger partial charge in [-0.3, -0.25) is 5.01 Å². The van der Waals surface area contributed by atoms with E-state index in [-0.39, 0.29) is 0 Å². The molecule has 92 valence electrons. The molecule has 0 bridgehead atoms. The Morgan fingerprint density at radius 1 is 1.29 bits per heavy atom. The molecule has 17 heavy (non-hydrogen) atoms. The Morgan fingerprint density at radius 2 is 2.12 bits per heavy atom. The van der Waals surface area contributed by atoms with Crippen molar-refractivity contribution in [2.75, 3.05) is 18.1 Å². The van der Waals surface area contributed by atoms with Crippen molar-refractivity contribution in [2.24, 2.45) is 5.92 Å². The zero-order valence-electron chi connectivity index (χ0n) is 10.3. The molecule has 0 spiro atoms. The minimum Gasteiger partial charge on any atom is -0.270 e. The van der Waals surface area contributed by atoms with Crippen LogP contribution in [0.5, 0.6) is 0 Å². The second-order valence-corrected chi connectivity index (χ2v) is 5.57. The molecule has 1 aliphatic carbocycles. The predicted molar refractivity (Wildman–Crippen MR) is 72.8 cm³/mol. The highest BCUT2D eigenvalue weighted by atomic mass is 35.5. The van der Waals surface area contributed by atoms with Crippen LogP contribution in [-0.2, 0) is 0 Å². The molecule has 0 aromatic heterocycles. The number of anilines is 2. The van der Waals surface area contributed by atoms with Gasteiger partial charge in [-0.2, -0.15) is 0 Å². The fraction of sp³-hybridized carbons (Fsp3) is 0.571. The van der Waals surface area contributed by atoms with Gasteiger partial charge in [0.1, 0.15) is 0 Å². The number of hydrogen-bond acceptors (Lipinski definition) is 2. The van der Waals surface area contributed by atoms with Gasteiger partial charge in [0.25, 0.3) is 0 Å². The van der Waals surface area contributed by atoms with Crippen LogP contribution in [-0.4, -0.2) is 18.1 Å². The van der Waals surface area contributed by atoms with Crippen molar-refractivity contribution < 1.29 is 0 Å². The average molecular weight is 251 g/mol. The number of hydrazine groups is 1. The van der Waals surface area contributed by atoms with Gasteiger partial charge in [0.05, 0.1) is 11.4 Å². The quantitative estimate of drug-likeness (QED) is 0.698. The monoisotopic (exact) mass is 250 g/mol. The summed E-state index contributed by atoms with van der Waals surface area (Å²) in [6, 6.07) is 6.17. The van der Waals surface area contributed by atoms with E-state index in [0.717, 1.165) is 17.5 Å². The highest BCUT2D eigenvalue weighted by molar-refractivity contribution is 6.31. The van der Waals surface area contributed by atoms with Gasteiger partial charge in [-0.05, 0) is 37.0 Å². The molecule has 1 aliphatic heterocycles. The third-order valence-corrected chi connectivity index (χ3v) is 3.84. The van der Waals surface area contributed by atoms with Gasteiger partial charge in [0.2, 0.25) is 0 Å². The van der Waals surface area contributed by atoms with Crippen LogP contribution in [0.1, 0.15) is 32.6 Å². The number of nitrogens with zero attached hydrogens (tertiary/aromatic N) is 2. The fourth-order valence-corrected chi connectivity index (χ4v) is 2.59. The number of halogens is 1. The number of hydrogen-bond donors (Lipinski definition) is 0. The third-order valence-electron chi connectivity index (χ3n) is 3.60. The summed E-state index contributed by atoms with van der Waals surface area (Å²) in [5.74, 6) is 1.00. The molecule has 1 saturated carbocycles. The second-order valence-electron chi connectivity index (χ2n) is 5.13. The molecule has 1 aromatic carbocycles. The summed E-state index contributed by atoms with van der Waals surface area (Å²) in [7, 11) is 0. The highest BCUT2D eigenvalue weighted by Crippen LogP contribution is 2.50. The first kappa shape index (κ1) is 11.4. The summed E-state index contributed by atoms with van der Waals surface area (Å²) >= 11 is 6.02. The smallest absolute Gasteiger partial charge is 0.0847 e. The van der Waals surface area contributed by atoms with E-state index in [4.69, 9.17) is 11.6 Å². The number of fused-ring (bicyclic) bond motifs is 1. The molecule has 2 nitrogen and oxygen atoms in total. The van der Waals surface area contributed by atoms with E-state index >= 15 is 0 Å². The summed E-state index contributed by atoms with van der Waals surface area (Å²) in [5, 5.41) is 5.64. The molecular formula is C14H19ClN2. The Labute approximate surface area is 108 Å². The zero-order valence-corrected chi connectivity index (χ0v) is 11.1. The van der Waals surface area contributed by atoms with E-state index in [1.807, 2.05) is 6.07 Å². The molecule has 3 rings (SSSR count). The van der Waals surface area contributed by atoms with Crippen LogP contribution in [0, 0.1) is 5.92 Å². The lowest BCUT2D eigenvalue weighted by atomic mass is 10.3. The molecule has 0 unspecified atom stereocenters. The lowest BCUT2D eigenvalue weighted by Gasteiger charge is -2.23. The van der Waals surface area contributed by atoms with Gasteiger partial charge in [-0.25, -0.2) is 5.01 Å². The van der Waals surface area contributed by atoms with Crippen molar-refractivity contribution in [2.45, 2.75) is 32.6 Å². The van der Waals surface area contributed by atoms with Gasteiger partial charge in [-0.1, -0.05) is 31.4 Å². The van der Waals surface area contributed by atoms with Gasteiger partial charge in [0, 0.05) is 18.1 Å². The molecule has 0 N–H and O–H groups in total. The Kier molecular flexibility index (Phi) is 3.01. The summed E-state index contributed by atoms with van der Waals surface area (Å²) in [5.41, 5.74) is 2.63. The minimum atomic E-state index is 0.838. The Morgan fingerprint density at radius 3 is 2.76 bits per heavy atom. The summed E-state index contributed by atoms with van der Waals surface area (Å²) < 4.78 is 0. The molecule has 0 atom stereocenters. The van der Waals surface area contributed by atoms with Crippen molar-refractivity contribution in [3.63, 3.8) is 0 Å². The van der Waals surface area contributed by atoms with Crippen molar-refractivity contribution in [3.05, 3.63) is 23.2 Å². The first-order valence-electron chi connectivity index (χ1n) is 6.64. The molecule has 1 fully saturated rings. The molecule has 1 aromatic rings. The maximum Gasteiger partial charge on any atom is 0.0847 e. The fourth-order valence-electron chi connectivity index (χ4n) is 2.42. The zero-order chi connectivity index (χ0) is 11.8. The standard InChI is InChI=1S/C14H19ClN2/c1-2-8-16(9-7-11-3-4-11)17-13-6-5-12(15)10-14(13)17/h5-6,10-11H,2-4,7-9H2,1H3. The van der Waals surface area contributed by atoms with Crippen molar-refractivity contribution in [1.29, 1.82) is 0 Å². The summed E-state index contributed by atoms with van der Waals surface area (Å²) in [6.07, 6.45) is 5.43. The summed E-state index contributed by atoms with van der Waals surface area (Å²) in [4.78, 5) is 0. The van der Waals surface area contributed by atoms with Crippen LogP contribution in [0.4, 0.5) is 11.4 Å². The normalized spacial score (nSPS) is 17.5. The van der Waals surface area contributed by atoms with E-state index in [1.54, 1.807) is 0 Å². The van der Waals surface area contributed by atoms with Gasteiger partial charge >= 0.3 is 0 Å². The van der Waals surface area contributed by atoms with E-state index in [2.05, 4.69) is 29.1 Å². The third kappa shape index (κ3) is 2.43. The van der Waals surface area contributed by atoms with Crippen LogP contribution in [0.3, 0.4) is 0 Å². The minimum absolute atomic E-state index is 0.838. The van der Waals surface area contributed by atoms with Crippen LogP contribution < -0.4 is 5.01 Å². The largest absolute Gasteiger partial charge is 0.270 e. The van der Waals surface area contributed by atoms with Crippen LogP contribution in [0.15, 0.2) is 18.2 Å². The number of rotatable bonds is 6. The van der Waals surface area contributed by atoms with Crippen molar-refractivity contribution in [1.82, 2.24) is 5.01 Å². The topological polar surface area (TPSA) is 6.25 Å². The number of benzene rings is 1. The van der Waals surface area contributed by atoms with E-state index in [1.165, 1.54) is 43.6 Å². The SMILES string of the molecule is CCCN(CCC1CC1)N1c2ccc(Cl)cc21. The summed E-state index contributed by atoms with van der Waals surface area (Å²) in [6.45, 7) is 4.56. The lowest BCUT2D eigenvalue weighted by molar-refractivity contribution is 0.286. The van der Waals surface area contributed by atoms with Crippen LogP contribution in [0.2, 0.25) is 5.02 Å². The highest BCUT2D eigenvalue weighted by Gasteiger charge is 2.34. The van der Waals surface area contributed by atoms with E-state index < -0.39 is 0 Å². The molecular weight excluding hydrogens is 232 g/mol. The van der Waals surface area contributed by atoms with E-state index in [9.17, 15) is 0 Å². The lowest BCUT2D eigenvalue weighted by Crippen LogP contribution is -2.33.